The molecular formula is C25H24F3N5O5S. The summed E-state index contributed by atoms with van der Waals surface area (Å²) in [5.74, 6) is -1.38. The lowest BCUT2D eigenvalue weighted by Crippen LogP contribution is -2.47. The zero-order valence-electron chi connectivity index (χ0n) is 20.9. The first-order chi connectivity index (χ1) is 18.4. The summed E-state index contributed by atoms with van der Waals surface area (Å²) in [6.45, 7) is 4.10. The summed E-state index contributed by atoms with van der Waals surface area (Å²) in [5, 5.41) is 12.8. The molecule has 2 amide bonds. The van der Waals surface area contributed by atoms with Crippen molar-refractivity contribution in [1.29, 1.82) is 0 Å². The molecule has 1 aromatic carbocycles. The molecule has 3 aromatic rings. The van der Waals surface area contributed by atoms with E-state index >= 15 is 0 Å². The van der Waals surface area contributed by atoms with E-state index in [1.165, 1.54) is 16.2 Å². The molecule has 10 nitrogen and oxygen atoms in total. The van der Waals surface area contributed by atoms with Crippen LogP contribution < -0.4 is 10.1 Å². The van der Waals surface area contributed by atoms with Crippen LogP contribution in [0.2, 0.25) is 0 Å². The van der Waals surface area contributed by atoms with Crippen LogP contribution in [0.15, 0.2) is 36.8 Å². The molecule has 5 rings (SSSR count). The molecule has 4 heterocycles. The van der Waals surface area contributed by atoms with Gasteiger partial charge in [0.25, 0.3) is 5.91 Å². The highest BCUT2D eigenvalue weighted by Gasteiger charge is 2.53. The molecular weight excluding hydrogens is 539 g/mol. The Morgan fingerprint density at radius 2 is 2.00 bits per heavy atom. The predicted molar refractivity (Wildman–Crippen MR) is 133 cm³/mol. The number of carboxylic acid groups (broad SMARTS) is 1. The summed E-state index contributed by atoms with van der Waals surface area (Å²) >= 11 is 1.44. The number of likely N-dealkylation sites (tertiary alicyclic amines) is 1. The Morgan fingerprint density at radius 3 is 2.62 bits per heavy atom. The topological polar surface area (TPSA) is 127 Å². The summed E-state index contributed by atoms with van der Waals surface area (Å²) in [4.78, 5) is 38.1. The van der Waals surface area contributed by atoms with E-state index in [0.29, 0.717) is 34.9 Å². The number of aromatic nitrogens is 3. The third-order valence-electron chi connectivity index (χ3n) is 6.65. The maximum absolute atomic E-state index is 13.2. The fourth-order valence-electron chi connectivity index (χ4n) is 4.65. The number of morpholine rings is 1. The Morgan fingerprint density at radius 1 is 1.26 bits per heavy atom. The highest BCUT2D eigenvalue weighted by atomic mass is 32.1. The van der Waals surface area contributed by atoms with Gasteiger partial charge < -0.3 is 19.9 Å². The third kappa shape index (κ3) is 5.66. The van der Waals surface area contributed by atoms with Gasteiger partial charge in [0.2, 0.25) is 5.82 Å². The maximum Gasteiger partial charge on any atom is 0.451 e. The maximum atomic E-state index is 13.2. The van der Waals surface area contributed by atoms with Crippen molar-refractivity contribution in [3.63, 3.8) is 0 Å². The van der Waals surface area contributed by atoms with Gasteiger partial charge in [-0.3, -0.25) is 9.69 Å². The molecule has 14 heteroatoms. The van der Waals surface area contributed by atoms with Crippen molar-refractivity contribution in [3.05, 3.63) is 58.6 Å². The van der Waals surface area contributed by atoms with Crippen molar-refractivity contribution in [2.45, 2.75) is 44.1 Å². The second-order valence-corrected chi connectivity index (χ2v) is 10.8. The molecule has 0 radical (unpaired) electrons. The number of nitrogens with zero attached hydrogens (tertiary/aromatic N) is 4. The van der Waals surface area contributed by atoms with Crippen LogP contribution in [0.25, 0.3) is 10.6 Å². The molecule has 3 atom stereocenters. The highest BCUT2D eigenvalue weighted by Crippen LogP contribution is 2.38. The molecule has 206 valence electrons. The van der Waals surface area contributed by atoms with E-state index in [1.807, 2.05) is 6.92 Å². The minimum atomic E-state index is -4.66. The number of carbonyl (C=O) groups excluding carboxylic acids is 1. The number of nitrogens with one attached hydrogen (secondary N) is 1. The molecule has 2 bridgehead atoms. The zero-order chi connectivity index (χ0) is 27.9. The first-order valence-electron chi connectivity index (χ1n) is 12.0. The molecule has 0 aliphatic carbocycles. The van der Waals surface area contributed by atoms with E-state index in [-0.39, 0.29) is 24.8 Å². The van der Waals surface area contributed by atoms with Gasteiger partial charge in [0.1, 0.15) is 23.0 Å². The summed E-state index contributed by atoms with van der Waals surface area (Å²) in [6.07, 6.45) is -1.38. The molecule has 2 fully saturated rings. The Labute approximate surface area is 224 Å². The van der Waals surface area contributed by atoms with E-state index < -0.39 is 35.6 Å². The summed E-state index contributed by atoms with van der Waals surface area (Å²) in [5.41, 5.74) is 0.422. The standard InChI is InChI=1S/C25H24F3N5O5S/c1-13-7-29-21(39-13)16-3-15(20(34)32-14(2)17-8-30-22(31-9-17)25(26,27)28)4-19(5-16)37-12-24-6-18(10-38-24)33(11-24)23(35)36/h3-5,7-9,14,18H,6,10-12H2,1-2H3,(H,32,34)(H,35,36). The average molecular weight is 564 g/mol. The number of carbonyl (C=O) groups is 2. The predicted octanol–water partition coefficient (Wildman–Crippen LogP) is 4.32. The fourth-order valence-corrected chi connectivity index (χ4v) is 5.40. The van der Waals surface area contributed by atoms with Crippen molar-refractivity contribution < 1.29 is 37.3 Å². The van der Waals surface area contributed by atoms with Gasteiger partial charge in [-0.15, -0.1) is 11.3 Å². The van der Waals surface area contributed by atoms with Crippen molar-refractivity contribution >= 4 is 23.3 Å². The Hall–Kier alpha value is -3.78. The number of amides is 2. The normalized spacial score (nSPS) is 21.2. The number of rotatable bonds is 7. The zero-order valence-corrected chi connectivity index (χ0v) is 21.7. The van der Waals surface area contributed by atoms with Crippen LogP contribution in [0.4, 0.5) is 18.0 Å². The SMILES string of the molecule is Cc1cnc(-c2cc(OCC34CC(CO3)N(C(=O)O)C4)cc(C(=O)NC(C)c3cnc(C(F)(F)F)nc3)c2)s1. The van der Waals surface area contributed by atoms with Crippen LogP contribution in [-0.2, 0) is 10.9 Å². The summed E-state index contributed by atoms with van der Waals surface area (Å²) in [6, 6.07) is 4.04. The minimum Gasteiger partial charge on any atom is -0.490 e. The highest BCUT2D eigenvalue weighted by molar-refractivity contribution is 7.14. The quantitative estimate of drug-likeness (QED) is 0.435. The van der Waals surface area contributed by atoms with Crippen molar-refractivity contribution in [2.24, 2.45) is 0 Å². The van der Waals surface area contributed by atoms with Gasteiger partial charge in [0.15, 0.2) is 0 Å². The lowest BCUT2D eigenvalue weighted by atomic mass is 10.0. The number of halogens is 3. The van der Waals surface area contributed by atoms with Crippen LogP contribution in [-0.4, -0.2) is 68.4 Å². The van der Waals surface area contributed by atoms with E-state index in [9.17, 15) is 27.9 Å². The van der Waals surface area contributed by atoms with E-state index in [2.05, 4.69) is 20.3 Å². The molecule has 3 unspecified atom stereocenters. The number of hydrogen-bond acceptors (Lipinski definition) is 8. The molecule has 2 aliphatic heterocycles. The summed E-state index contributed by atoms with van der Waals surface area (Å²) < 4.78 is 50.3. The Bertz CT molecular complexity index is 1400. The number of ether oxygens (including phenoxy) is 2. The molecule has 0 spiro atoms. The molecule has 2 aliphatic rings. The number of aryl methyl sites for hydroxylation is 1. The van der Waals surface area contributed by atoms with Gasteiger partial charge in [-0.1, -0.05) is 0 Å². The first kappa shape index (κ1) is 26.8. The van der Waals surface area contributed by atoms with Crippen LogP contribution in [0.5, 0.6) is 5.75 Å². The number of thiazole rings is 1. The Kier molecular flexibility index (Phi) is 6.93. The van der Waals surface area contributed by atoms with Crippen LogP contribution in [0.3, 0.4) is 0 Å². The van der Waals surface area contributed by atoms with Crippen molar-refractivity contribution in [1.82, 2.24) is 25.2 Å². The average Bonchev–Trinajstić information content (AvgIpc) is 3.62. The van der Waals surface area contributed by atoms with Gasteiger partial charge >= 0.3 is 12.3 Å². The van der Waals surface area contributed by atoms with Gasteiger partial charge in [0.05, 0.1) is 25.2 Å². The molecule has 2 saturated heterocycles. The van der Waals surface area contributed by atoms with Gasteiger partial charge in [-0.2, -0.15) is 13.2 Å². The molecule has 0 saturated carbocycles. The van der Waals surface area contributed by atoms with Gasteiger partial charge in [-0.05, 0) is 32.0 Å². The number of hydrogen-bond donors (Lipinski definition) is 2. The second kappa shape index (κ2) is 10.1. The van der Waals surface area contributed by atoms with E-state index in [1.54, 1.807) is 31.3 Å². The number of alkyl halides is 3. The van der Waals surface area contributed by atoms with Crippen LogP contribution in [0.1, 0.15) is 46.0 Å². The summed E-state index contributed by atoms with van der Waals surface area (Å²) in [7, 11) is 0. The van der Waals surface area contributed by atoms with E-state index in [4.69, 9.17) is 9.47 Å². The van der Waals surface area contributed by atoms with Crippen LogP contribution >= 0.6 is 11.3 Å². The smallest absolute Gasteiger partial charge is 0.451 e. The van der Waals surface area contributed by atoms with Crippen molar-refractivity contribution in [2.75, 3.05) is 19.8 Å². The lowest BCUT2D eigenvalue weighted by molar-refractivity contribution is -0.145. The third-order valence-corrected chi connectivity index (χ3v) is 7.61. The monoisotopic (exact) mass is 563 g/mol. The number of benzene rings is 1. The van der Waals surface area contributed by atoms with Gasteiger partial charge in [0, 0.05) is 46.6 Å². The minimum absolute atomic E-state index is 0.0913. The first-order valence-corrected chi connectivity index (χ1v) is 12.8. The largest absolute Gasteiger partial charge is 0.490 e. The molecule has 2 aromatic heterocycles. The molecule has 2 N–H and O–H groups in total. The molecule has 39 heavy (non-hydrogen) atoms. The lowest BCUT2D eigenvalue weighted by Gasteiger charge is -2.31. The van der Waals surface area contributed by atoms with Crippen LogP contribution in [0, 0.1) is 6.92 Å². The van der Waals surface area contributed by atoms with Crippen molar-refractivity contribution in [3.8, 4) is 16.3 Å². The number of fused-ring (bicyclic) bond motifs is 2. The van der Waals surface area contributed by atoms with E-state index in [0.717, 1.165) is 17.3 Å². The fraction of sp³-hybridized carbons (Fsp3) is 0.400. The second-order valence-electron chi connectivity index (χ2n) is 9.61. The van der Waals surface area contributed by atoms with Gasteiger partial charge in [-0.25, -0.2) is 19.7 Å². The Balaban J connectivity index is 1.35.